The average molecular weight is 348 g/mol. The molecule has 0 saturated heterocycles. The van der Waals surface area contributed by atoms with Gasteiger partial charge in [-0.25, -0.2) is 0 Å². The molecule has 4 saturated carbocycles. The lowest BCUT2D eigenvalue weighted by Crippen LogP contribution is -2.62. The Morgan fingerprint density at radius 2 is 1.75 bits per heavy atom. The van der Waals surface area contributed by atoms with Crippen molar-refractivity contribution in [2.45, 2.75) is 76.5 Å². The quantitative estimate of drug-likeness (QED) is 0.817. The normalized spacial score (nSPS) is 39.8. The minimum absolute atomic E-state index is 0.313. The van der Waals surface area contributed by atoms with Crippen LogP contribution in [0.2, 0.25) is 5.02 Å². The topological polar surface area (TPSA) is 32.3 Å². The van der Waals surface area contributed by atoms with Gasteiger partial charge in [0.1, 0.15) is 0 Å². The lowest BCUT2D eigenvalue weighted by molar-refractivity contribution is -0.172. The summed E-state index contributed by atoms with van der Waals surface area (Å²) in [5, 5.41) is 15.6. The molecule has 4 bridgehead atoms. The zero-order valence-corrected chi connectivity index (χ0v) is 15.6. The molecule has 2 nitrogen and oxygen atoms in total. The maximum Gasteiger partial charge on any atom is 0.0659 e. The standard InChI is InChI=1S/C21H30ClNO/c1-14(7-16-3-5-19(22)6-4-16)23-15(2)20-9-17-8-18(10-20)12-21(24,11-17)13-20/h3-6,14-15,17-18,23-24H,7-13H2,1-2H3/t14-,15+,17+,18+,20?,21?/m1/s1. The minimum atomic E-state index is -0.362. The molecule has 5 rings (SSSR count). The summed E-state index contributed by atoms with van der Waals surface area (Å²) in [5.74, 6) is 1.51. The molecule has 0 heterocycles. The molecular formula is C21H30ClNO. The van der Waals surface area contributed by atoms with E-state index < -0.39 is 0 Å². The van der Waals surface area contributed by atoms with Crippen LogP contribution in [0.25, 0.3) is 0 Å². The zero-order chi connectivity index (χ0) is 16.9. The first-order valence-corrected chi connectivity index (χ1v) is 9.97. The summed E-state index contributed by atoms with van der Waals surface area (Å²) in [7, 11) is 0. The van der Waals surface area contributed by atoms with E-state index in [0.29, 0.717) is 17.5 Å². The van der Waals surface area contributed by atoms with E-state index in [9.17, 15) is 5.11 Å². The summed E-state index contributed by atoms with van der Waals surface area (Å²) in [6.45, 7) is 4.63. The monoisotopic (exact) mass is 347 g/mol. The highest BCUT2D eigenvalue weighted by atomic mass is 35.5. The third-order valence-corrected chi connectivity index (χ3v) is 7.24. The first-order valence-electron chi connectivity index (χ1n) is 9.59. The zero-order valence-electron chi connectivity index (χ0n) is 14.9. The van der Waals surface area contributed by atoms with Crippen molar-refractivity contribution in [3.63, 3.8) is 0 Å². The Kier molecular flexibility index (Phi) is 4.22. The Labute approximate surface area is 151 Å². The van der Waals surface area contributed by atoms with Crippen molar-refractivity contribution in [2.24, 2.45) is 17.3 Å². The van der Waals surface area contributed by atoms with E-state index in [4.69, 9.17) is 11.6 Å². The van der Waals surface area contributed by atoms with E-state index in [1.807, 2.05) is 12.1 Å². The second-order valence-corrected chi connectivity index (χ2v) is 9.60. The fraction of sp³-hybridized carbons (Fsp3) is 0.714. The van der Waals surface area contributed by atoms with Crippen molar-refractivity contribution in [3.8, 4) is 0 Å². The predicted molar refractivity (Wildman–Crippen MR) is 99.3 cm³/mol. The van der Waals surface area contributed by atoms with E-state index in [0.717, 1.165) is 42.5 Å². The van der Waals surface area contributed by atoms with Gasteiger partial charge in [0.25, 0.3) is 0 Å². The van der Waals surface area contributed by atoms with Gasteiger partial charge in [-0.15, -0.1) is 0 Å². The summed E-state index contributed by atoms with van der Waals surface area (Å²) in [6, 6.07) is 9.10. The smallest absolute Gasteiger partial charge is 0.0659 e. The molecule has 132 valence electrons. The van der Waals surface area contributed by atoms with Gasteiger partial charge in [0.2, 0.25) is 0 Å². The Morgan fingerprint density at radius 1 is 1.12 bits per heavy atom. The molecular weight excluding hydrogens is 318 g/mol. The Morgan fingerprint density at radius 3 is 2.33 bits per heavy atom. The maximum absolute atomic E-state index is 11.0. The van der Waals surface area contributed by atoms with E-state index in [2.05, 4.69) is 31.3 Å². The van der Waals surface area contributed by atoms with Gasteiger partial charge in [-0.05, 0) is 93.7 Å². The van der Waals surface area contributed by atoms with Crippen molar-refractivity contribution in [3.05, 3.63) is 34.9 Å². The van der Waals surface area contributed by atoms with Gasteiger partial charge >= 0.3 is 0 Å². The van der Waals surface area contributed by atoms with Crippen LogP contribution in [0.15, 0.2) is 24.3 Å². The van der Waals surface area contributed by atoms with Gasteiger partial charge in [-0.3, -0.25) is 0 Å². The molecule has 0 spiro atoms. The SMILES string of the molecule is C[C@H](Cc1ccc(Cl)cc1)N[C@@H](C)C12C[C@@H]3C[C@H](CC(O)(C3)C1)C2. The molecule has 2 N–H and O–H groups in total. The summed E-state index contributed by atoms with van der Waals surface area (Å²) in [6.07, 6.45) is 8.12. The van der Waals surface area contributed by atoms with Crippen LogP contribution in [-0.2, 0) is 6.42 Å². The Hall–Kier alpha value is -0.570. The molecule has 24 heavy (non-hydrogen) atoms. The lowest BCUT2D eigenvalue weighted by Gasteiger charge is -2.62. The van der Waals surface area contributed by atoms with Crippen molar-refractivity contribution >= 4 is 11.6 Å². The molecule has 0 amide bonds. The molecule has 0 aliphatic heterocycles. The van der Waals surface area contributed by atoms with Crippen LogP contribution in [0.4, 0.5) is 0 Å². The van der Waals surface area contributed by atoms with Crippen LogP contribution < -0.4 is 5.32 Å². The van der Waals surface area contributed by atoms with Crippen LogP contribution in [-0.4, -0.2) is 22.8 Å². The van der Waals surface area contributed by atoms with Crippen LogP contribution >= 0.6 is 11.6 Å². The molecule has 3 heteroatoms. The second kappa shape index (κ2) is 6.00. The second-order valence-electron chi connectivity index (χ2n) is 9.17. The first-order chi connectivity index (χ1) is 11.4. The number of aliphatic hydroxyl groups is 1. The average Bonchev–Trinajstić information content (AvgIpc) is 2.47. The largest absolute Gasteiger partial charge is 0.390 e. The molecule has 0 radical (unpaired) electrons. The highest BCUT2D eigenvalue weighted by Crippen LogP contribution is 2.62. The molecule has 4 aliphatic rings. The first kappa shape index (κ1) is 16.9. The summed E-state index contributed by atoms with van der Waals surface area (Å²) in [4.78, 5) is 0. The summed E-state index contributed by atoms with van der Waals surface area (Å²) < 4.78 is 0. The number of hydrogen-bond donors (Lipinski definition) is 2. The van der Waals surface area contributed by atoms with Gasteiger partial charge < -0.3 is 10.4 Å². The molecule has 1 aromatic rings. The van der Waals surface area contributed by atoms with E-state index in [1.165, 1.54) is 24.8 Å². The van der Waals surface area contributed by atoms with Gasteiger partial charge in [0.05, 0.1) is 5.60 Å². The molecule has 4 atom stereocenters. The van der Waals surface area contributed by atoms with E-state index in [-0.39, 0.29) is 5.60 Å². The van der Waals surface area contributed by atoms with Crippen LogP contribution in [0.3, 0.4) is 0 Å². The van der Waals surface area contributed by atoms with Crippen molar-refractivity contribution in [1.29, 1.82) is 0 Å². The Bertz CT molecular complexity index is 584. The highest BCUT2D eigenvalue weighted by molar-refractivity contribution is 6.30. The third kappa shape index (κ3) is 3.13. The maximum atomic E-state index is 11.0. The van der Waals surface area contributed by atoms with Crippen molar-refractivity contribution in [2.75, 3.05) is 0 Å². The number of nitrogens with one attached hydrogen (secondary N) is 1. The summed E-state index contributed by atoms with van der Waals surface area (Å²) >= 11 is 5.98. The molecule has 0 aromatic heterocycles. The lowest BCUT2D eigenvalue weighted by atomic mass is 9.46. The number of rotatable bonds is 5. The highest BCUT2D eigenvalue weighted by Gasteiger charge is 2.58. The fourth-order valence-electron chi connectivity index (χ4n) is 6.43. The van der Waals surface area contributed by atoms with Crippen LogP contribution in [0.5, 0.6) is 0 Å². The minimum Gasteiger partial charge on any atom is -0.390 e. The number of hydrogen-bond acceptors (Lipinski definition) is 2. The molecule has 0 unspecified atom stereocenters. The fourth-order valence-corrected chi connectivity index (χ4v) is 6.55. The predicted octanol–water partition coefficient (Wildman–Crippen LogP) is 4.58. The van der Waals surface area contributed by atoms with Gasteiger partial charge in [0.15, 0.2) is 0 Å². The third-order valence-electron chi connectivity index (χ3n) is 6.98. The molecule has 4 aliphatic carbocycles. The van der Waals surface area contributed by atoms with Crippen molar-refractivity contribution in [1.82, 2.24) is 5.32 Å². The summed E-state index contributed by atoms with van der Waals surface area (Å²) in [5.41, 5.74) is 1.28. The van der Waals surface area contributed by atoms with Crippen LogP contribution in [0, 0.1) is 17.3 Å². The van der Waals surface area contributed by atoms with Gasteiger partial charge in [0, 0.05) is 17.1 Å². The molecule has 1 aromatic carbocycles. The number of halogens is 1. The van der Waals surface area contributed by atoms with E-state index in [1.54, 1.807) is 0 Å². The van der Waals surface area contributed by atoms with E-state index >= 15 is 0 Å². The number of benzene rings is 1. The van der Waals surface area contributed by atoms with Crippen LogP contribution in [0.1, 0.15) is 57.9 Å². The van der Waals surface area contributed by atoms with Gasteiger partial charge in [-0.2, -0.15) is 0 Å². The van der Waals surface area contributed by atoms with Gasteiger partial charge in [-0.1, -0.05) is 23.7 Å². The Balaban J connectivity index is 1.42. The van der Waals surface area contributed by atoms with Crippen molar-refractivity contribution < 1.29 is 5.11 Å². The molecule has 4 fully saturated rings.